The summed E-state index contributed by atoms with van der Waals surface area (Å²) in [6.45, 7) is 13.6. The van der Waals surface area contributed by atoms with Gasteiger partial charge in [0.05, 0.1) is 17.7 Å². The molecule has 7 nitrogen and oxygen atoms in total. The van der Waals surface area contributed by atoms with Crippen LogP contribution in [-0.4, -0.2) is 60.5 Å². The Morgan fingerprint density at radius 3 is 2.09 bits per heavy atom. The van der Waals surface area contributed by atoms with Crippen molar-refractivity contribution < 1.29 is 32.1 Å². The van der Waals surface area contributed by atoms with E-state index in [0.717, 1.165) is 6.42 Å². The zero-order valence-corrected chi connectivity index (χ0v) is 22.4. The van der Waals surface area contributed by atoms with Crippen molar-refractivity contribution >= 4 is 18.9 Å². The lowest BCUT2D eigenvalue weighted by Gasteiger charge is -2.47. The minimum absolute atomic E-state index is 0.0265. The number of nitrogens with one attached hydrogen (secondary N) is 3. The molecule has 202 valence electrons. The summed E-state index contributed by atoms with van der Waals surface area (Å²) < 4.78 is 50.5. The lowest BCUT2D eigenvalue weighted by molar-refractivity contribution is -0.140. The molecule has 0 spiro atoms. The summed E-state index contributed by atoms with van der Waals surface area (Å²) in [4.78, 5) is 25.8. The van der Waals surface area contributed by atoms with Gasteiger partial charge in [-0.3, -0.25) is 9.59 Å². The topological polar surface area (TPSA) is 88.7 Å². The zero-order valence-electron chi connectivity index (χ0n) is 22.4. The van der Waals surface area contributed by atoms with Crippen LogP contribution < -0.4 is 16.0 Å². The van der Waals surface area contributed by atoms with Crippen LogP contribution in [0.4, 0.5) is 13.2 Å². The van der Waals surface area contributed by atoms with E-state index in [1.54, 1.807) is 0 Å². The fourth-order valence-corrected chi connectivity index (χ4v) is 5.03. The lowest BCUT2D eigenvalue weighted by atomic mass is 9.65. The van der Waals surface area contributed by atoms with Gasteiger partial charge >= 0.3 is 13.3 Å². The molecular weight excluding hydrogens is 462 g/mol. The number of hydrogen-bond acceptors (Lipinski definition) is 5. The van der Waals surface area contributed by atoms with Crippen LogP contribution in [-0.2, 0) is 18.9 Å². The van der Waals surface area contributed by atoms with Crippen molar-refractivity contribution in [1.82, 2.24) is 16.0 Å². The first-order valence-corrected chi connectivity index (χ1v) is 12.5. The molecular formula is C24H43BF3N3O4. The van der Waals surface area contributed by atoms with E-state index < -0.39 is 40.9 Å². The molecule has 1 aliphatic carbocycles. The fourth-order valence-electron chi connectivity index (χ4n) is 5.03. The Kier molecular flexibility index (Phi) is 9.04. The number of halogens is 3. The number of carbonyl (C=O) groups excluding carboxylic acids is 2. The average Bonchev–Trinajstić information content (AvgIpc) is 2.85. The maximum atomic E-state index is 13.6. The highest BCUT2D eigenvalue weighted by Gasteiger charge is 2.53. The van der Waals surface area contributed by atoms with Crippen molar-refractivity contribution in [3.05, 3.63) is 0 Å². The van der Waals surface area contributed by atoms with Gasteiger partial charge in [0.2, 0.25) is 11.8 Å². The van der Waals surface area contributed by atoms with Gasteiger partial charge in [-0.25, -0.2) is 0 Å². The van der Waals surface area contributed by atoms with Crippen molar-refractivity contribution in [2.45, 2.75) is 116 Å². The van der Waals surface area contributed by atoms with E-state index in [4.69, 9.17) is 9.31 Å². The van der Waals surface area contributed by atoms with E-state index >= 15 is 0 Å². The highest BCUT2D eigenvalue weighted by Crippen LogP contribution is 2.42. The Bertz CT molecular complexity index is 754. The van der Waals surface area contributed by atoms with Crippen LogP contribution in [0.25, 0.3) is 0 Å². The summed E-state index contributed by atoms with van der Waals surface area (Å²) in [6.07, 6.45) is -1.43. The highest BCUT2D eigenvalue weighted by atomic mass is 19.4. The predicted octanol–water partition coefficient (Wildman–Crippen LogP) is 3.83. The first-order valence-electron chi connectivity index (χ1n) is 12.5. The molecule has 0 aromatic heterocycles. The van der Waals surface area contributed by atoms with Crippen LogP contribution in [0, 0.1) is 11.8 Å². The van der Waals surface area contributed by atoms with E-state index in [2.05, 4.69) is 16.0 Å². The van der Waals surface area contributed by atoms with Crippen molar-refractivity contribution in [3.8, 4) is 0 Å². The van der Waals surface area contributed by atoms with E-state index in [1.165, 1.54) is 6.92 Å². The standard InChI is InChI=1S/C24H43BF3N3O4/c1-16(32)30-23(19(33)31-20(2,3)4)13-17(9-10-18(23)14-29-15-24(26,27)28)11-12-25-34-21(5,6)22(7,8)35-25/h17-18,29H,9-15H2,1-8H3,(H,30,32)(H,31,33). The molecule has 1 heterocycles. The summed E-state index contributed by atoms with van der Waals surface area (Å²) >= 11 is 0. The van der Waals surface area contributed by atoms with Gasteiger partial charge in [0.1, 0.15) is 5.54 Å². The number of alkyl halides is 3. The molecule has 1 saturated heterocycles. The normalized spacial score (nSPS) is 28.6. The van der Waals surface area contributed by atoms with Crippen LogP contribution >= 0.6 is 0 Å². The van der Waals surface area contributed by atoms with Crippen molar-refractivity contribution in [3.63, 3.8) is 0 Å². The molecule has 3 atom stereocenters. The molecule has 1 saturated carbocycles. The van der Waals surface area contributed by atoms with Crippen LogP contribution in [0.15, 0.2) is 0 Å². The molecule has 2 aliphatic rings. The van der Waals surface area contributed by atoms with Gasteiger partial charge < -0.3 is 25.3 Å². The predicted molar refractivity (Wildman–Crippen MR) is 130 cm³/mol. The summed E-state index contributed by atoms with van der Waals surface area (Å²) in [5, 5.41) is 8.28. The Balaban J connectivity index is 2.21. The lowest BCUT2D eigenvalue weighted by Crippen LogP contribution is -2.68. The van der Waals surface area contributed by atoms with Gasteiger partial charge in [0, 0.05) is 24.9 Å². The Hall–Kier alpha value is -1.33. The van der Waals surface area contributed by atoms with Gasteiger partial charge in [-0.1, -0.05) is 6.42 Å². The van der Waals surface area contributed by atoms with Crippen LogP contribution in [0.3, 0.4) is 0 Å². The summed E-state index contributed by atoms with van der Waals surface area (Å²) in [5.74, 6) is -1.16. The van der Waals surface area contributed by atoms with Gasteiger partial charge in [-0.2, -0.15) is 13.2 Å². The number of amides is 2. The third kappa shape index (κ3) is 8.08. The SMILES string of the molecule is CC(=O)NC1(C(=O)NC(C)(C)C)CC(CCB2OC(C)(C)C(C)(C)O2)CCC1CNCC(F)(F)F. The van der Waals surface area contributed by atoms with E-state index in [-0.39, 0.29) is 31.4 Å². The summed E-state index contributed by atoms with van der Waals surface area (Å²) in [7, 11) is -0.371. The number of rotatable bonds is 8. The molecule has 0 aromatic carbocycles. The average molecular weight is 505 g/mol. The second-order valence-corrected chi connectivity index (χ2v) is 12.2. The first kappa shape index (κ1) is 29.9. The van der Waals surface area contributed by atoms with Crippen molar-refractivity contribution in [2.24, 2.45) is 11.8 Å². The van der Waals surface area contributed by atoms with Crippen LogP contribution in [0.5, 0.6) is 0 Å². The fraction of sp³-hybridized carbons (Fsp3) is 0.917. The highest BCUT2D eigenvalue weighted by molar-refractivity contribution is 6.45. The molecule has 3 N–H and O–H groups in total. The third-order valence-corrected chi connectivity index (χ3v) is 7.35. The smallest absolute Gasteiger partial charge is 0.403 e. The molecule has 1 aliphatic heterocycles. The summed E-state index contributed by atoms with van der Waals surface area (Å²) in [5.41, 5.74) is -2.75. The molecule has 0 radical (unpaired) electrons. The molecule has 0 bridgehead atoms. The Morgan fingerprint density at radius 2 is 1.60 bits per heavy atom. The quantitative estimate of drug-likeness (QED) is 0.437. The molecule has 2 fully saturated rings. The maximum Gasteiger partial charge on any atom is 0.457 e. The molecule has 2 rings (SSSR count). The van der Waals surface area contributed by atoms with Crippen molar-refractivity contribution in [1.29, 1.82) is 0 Å². The van der Waals surface area contributed by atoms with Gasteiger partial charge in [-0.15, -0.1) is 0 Å². The number of hydrogen-bond donors (Lipinski definition) is 3. The maximum absolute atomic E-state index is 13.6. The van der Waals surface area contributed by atoms with Gasteiger partial charge in [0.25, 0.3) is 0 Å². The third-order valence-electron chi connectivity index (χ3n) is 7.35. The molecule has 35 heavy (non-hydrogen) atoms. The monoisotopic (exact) mass is 505 g/mol. The van der Waals surface area contributed by atoms with E-state index in [1.807, 2.05) is 48.5 Å². The Labute approximate surface area is 208 Å². The van der Waals surface area contributed by atoms with Gasteiger partial charge in [-0.05, 0) is 80.0 Å². The van der Waals surface area contributed by atoms with Crippen LogP contribution in [0.1, 0.15) is 81.1 Å². The first-order chi connectivity index (χ1) is 15.8. The molecule has 0 aromatic rings. The van der Waals surface area contributed by atoms with Gasteiger partial charge in [0.15, 0.2) is 0 Å². The molecule has 11 heteroatoms. The second-order valence-electron chi connectivity index (χ2n) is 12.2. The summed E-state index contributed by atoms with van der Waals surface area (Å²) in [6, 6.07) is 0. The second kappa shape index (κ2) is 10.6. The molecule has 3 unspecified atom stereocenters. The largest absolute Gasteiger partial charge is 0.457 e. The zero-order chi connectivity index (χ0) is 26.9. The number of carbonyl (C=O) groups is 2. The minimum Gasteiger partial charge on any atom is -0.403 e. The van der Waals surface area contributed by atoms with Crippen molar-refractivity contribution in [2.75, 3.05) is 13.1 Å². The Morgan fingerprint density at radius 1 is 1.03 bits per heavy atom. The molecule has 2 amide bonds. The van der Waals surface area contributed by atoms with E-state index in [9.17, 15) is 22.8 Å². The van der Waals surface area contributed by atoms with Crippen LogP contribution in [0.2, 0.25) is 6.32 Å². The minimum atomic E-state index is -4.36. The van der Waals surface area contributed by atoms with E-state index in [0.29, 0.717) is 25.6 Å².